The lowest BCUT2D eigenvalue weighted by atomic mass is 10.1. The van der Waals surface area contributed by atoms with Gasteiger partial charge in [0.2, 0.25) is 0 Å². The summed E-state index contributed by atoms with van der Waals surface area (Å²) in [5.41, 5.74) is 4.46. The van der Waals surface area contributed by atoms with Crippen LogP contribution in [0.15, 0.2) is 97.1 Å². The molecule has 3 nitrogen and oxygen atoms in total. The first-order valence-electron chi connectivity index (χ1n) is 13.5. The number of H-pyrrole nitrogens is 3. The number of rotatable bonds is 0. The van der Waals surface area contributed by atoms with Crippen LogP contribution in [0.2, 0.25) is 0 Å². The van der Waals surface area contributed by atoms with E-state index in [4.69, 9.17) is 0 Å². The van der Waals surface area contributed by atoms with E-state index in [1.54, 1.807) is 0 Å². The minimum Gasteiger partial charge on any atom is -0.354 e. The molecule has 1 aliphatic heterocycles. The molecule has 4 aromatic heterocycles. The molecule has 0 aliphatic carbocycles. The molecule has 0 fully saturated rings. The zero-order valence-corrected chi connectivity index (χ0v) is 22.3. The van der Waals surface area contributed by atoms with Crippen LogP contribution in [0.4, 0.5) is 0 Å². The van der Waals surface area contributed by atoms with E-state index in [0.717, 1.165) is 33.5 Å². The van der Waals surface area contributed by atoms with Gasteiger partial charge in [-0.2, -0.15) is 0 Å². The number of thiophene rings is 1. The molecule has 4 heteroatoms. The highest BCUT2D eigenvalue weighted by atomic mass is 32.1. The predicted molar refractivity (Wildman–Crippen MR) is 169 cm³/mol. The van der Waals surface area contributed by atoms with Gasteiger partial charge in [-0.05, 0) is 24.3 Å². The second-order valence-corrected chi connectivity index (χ2v) is 11.5. The average Bonchev–Trinajstić information content (AvgIpc) is 3.73. The summed E-state index contributed by atoms with van der Waals surface area (Å²) in [5.74, 6) is 0. The molecule has 0 unspecified atom stereocenters. The van der Waals surface area contributed by atoms with Crippen molar-refractivity contribution in [1.82, 2.24) is 15.0 Å². The summed E-state index contributed by atoms with van der Waals surface area (Å²) in [5, 5.41) is 12.0. The van der Waals surface area contributed by atoms with Crippen LogP contribution < -0.4 is 19.8 Å². The molecule has 3 N–H and O–H groups in total. The molecule has 8 aromatic rings. The minimum absolute atomic E-state index is 1.10. The number of hydrogen-bond donors (Lipinski definition) is 3. The largest absolute Gasteiger partial charge is 0.354 e. The third-order valence-electron chi connectivity index (χ3n) is 8.14. The normalized spacial score (nSPS) is 12.8. The van der Waals surface area contributed by atoms with Crippen molar-refractivity contribution in [1.29, 1.82) is 0 Å². The van der Waals surface area contributed by atoms with Gasteiger partial charge in [0.1, 0.15) is 0 Å². The van der Waals surface area contributed by atoms with Crippen LogP contribution in [0.25, 0.3) is 67.4 Å². The van der Waals surface area contributed by atoms with Gasteiger partial charge in [-0.1, -0.05) is 97.1 Å². The van der Waals surface area contributed by atoms with E-state index in [1.165, 1.54) is 52.2 Å². The number of nitrogens with one attached hydrogen (secondary N) is 3. The van der Waals surface area contributed by atoms with Crippen LogP contribution in [-0.4, -0.2) is 15.0 Å². The van der Waals surface area contributed by atoms with Gasteiger partial charge in [0.05, 0.1) is 0 Å². The highest BCUT2D eigenvalue weighted by Crippen LogP contribution is 2.26. The van der Waals surface area contributed by atoms with Gasteiger partial charge >= 0.3 is 0 Å². The van der Waals surface area contributed by atoms with Crippen molar-refractivity contribution in [3.8, 4) is 0 Å². The fraction of sp³-hybridized carbons (Fsp3) is 0. The van der Waals surface area contributed by atoms with Crippen molar-refractivity contribution in [2.24, 2.45) is 0 Å². The molecule has 0 spiro atoms. The summed E-state index contributed by atoms with van der Waals surface area (Å²) in [4.78, 5) is 11.3. The molecule has 1 aliphatic rings. The van der Waals surface area contributed by atoms with Gasteiger partial charge in [0.15, 0.2) is 0 Å². The third kappa shape index (κ3) is 3.17. The predicted octanol–water partition coefficient (Wildman–Crippen LogP) is 5.97. The fourth-order valence-corrected chi connectivity index (χ4v) is 7.45. The summed E-state index contributed by atoms with van der Waals surface area (Å²) >= 11 is 1.84. The summed E-state index contributed by atoms with van der Waals surface area (Å²) in [6.45, 7) is 0. The molecular formula is C36H23N3S. The van der Waals surface area contributed by atoms with Crippen LogP contribution in [0.1, 0.15) is 22.8 Å². The number of aromatic amines is 3. The Morgan fingerprint density at radius 1 is 0.325 bits per heavy atom. The van der Waals surface area contributed by atoms with Gasteiger partial charge in [-0.3, -0.25) is 0 Å². The van der Waals surface area contributed by atoms with Gasteiger partial charge in [0, 0.05) is 85.6 Å². The smallest absolute Gasteiger partial charge is 0.0485 e. The van der Waals surface area contributed by atoms with E-state index >= 15 is 0 Å². The molecule has 4 aromatic carbocycles. The first-order chi connectivity index (χ1) is 19.8. The molecular weight excluding hydrogens is 506 g/mol. The maximum atomic E-state index is 3.78. The van der Waals surface area contributed by atoms with Gasteiger partial charge < -0.3 is 15.0 Å². The summed E-state index contributed by atoms with van der Waals surface area (Å²) < 4.78 is 2.51. The number of hydrogen-bond acceptors (Lipinski definition) is 1. The summed E-state index contributed by atoms with van der Waals surface area (Å²) in [6, 6.07) is 34.7. The Morgan fingerprint density at radius 2 is 0.650 bits per heavy atom. The summed E-state index contributed by atoms with van der Waals surface area (Å²) in [7, 11) is 0. The van der Waals surface area contributed by atoms with Crippen LogP contribution in [0.3, 0.4) is 0 Å². The Bertz CT molecular complexity index is 2200. The second-order valence-electron chi connectivity index (χ2n) is 10.4. The maximum Gasteiger partial charge on any atom is 0.0485 e. The van der Waals surface area contributed by atoms with Crippen LogP contribution in [-0.2, 0) is 0 Å². The zero-order valence-electron chi connectivity index (χ0n) is 21.5. The number of aromatic nitrogens is 3. The van der Waals surface area contributed by atoms with Crippen molar-refractivity contribution in [2.75, 3.05) is 0 Å². The molecule has 0 saturated carbocycles. The number of fused-ring (bicyclic) bond motifs is 20. The van der Waals surface area contributed by atoms with Crippen LogP contribution in [0.5, 0.6) is 0 Å². The highest BCUT2D eigenvalue weighted by Gasteiger charge is 2.12. The fourth-order valence-electron chi connectivity index (χ4n) is 6.29. The molecule has 9 rings (SSSR count). The van der Waals surface area contributed by atoms with Gasteiger partial charge in [-0.15, -0.1) is 11.3 Å². The lowest BCUT2D eigenvalue weighted by Gasteiger charge is -1.92. The van der Waals surface area contributed by atoms with Gasteiger partial charge in [-0.25, -0.2) is 0 Å². The molecule has 0 saturated heterocycles. The monoisotopic (exact) mass is 529 g/mol. The molecule has 8 bridgehead atoms. The van der Waals surface area contributed by atoms with E-state index < -0.39 is 0 Å². The highest BCUT2D eigenvalue weighted by molar-refractivity contribution is 7.09. The Morgan fingerprint density at radius 3 is 1.05 bits per heavy atom. The van der Waals surface area contributed by atoms with Crippen molar-refractivity contribution in [2.45, 2.75) is 0 Å². The lowest BCUT2D eigenvalue weighted by molar-refractivity contribution is 1.26. The average molecular weight is 530 g/mol. The van der Waals surface area contributed by atoms with E-state index in [2.05, 4.69) is 136 Å². The standard InChI is InChI=1S/C36H23N3S/c1-2-10-22-21(9-1)29-17-31-23-11-3-5-13-25(23)33(38-31)19-35-27-15-7-8-16-28(27)36(40-35)20-34-26-14-6-4-12-24(26)32(39-34)18-30(22)37-29/h1-20,37-39H. The zero-order chi connectivity index (χ0) is 26.2. The molecule has 0 atom stereocenters. The topological polar surface area (TPSA) is 47.4 Å². The first-order valence-corrected chi connectivity index (χ1v) is 14.3. The Kier molecular flexibility index (Phi) is 4.48. The van der Waals surface area contributed by atoms with E-state index in [9.17, 15) is 0 Å². The SMILES string of the molecule is C1=c2[nH]c(c3ccccc23)=Cc2[nH]c(c3ccccc23)C=c2sc(c3ccccc23)=Cc2[nH]c1c1ccccc21. The first kappa shape index (κ1) is 21.8. The molecule has 188 valence electrons. The van der Waals surface area contributed by atoms with Crippen molar-refractivity contribution >= 4 is 78.7 Å². The van der Waals surface area contributed by atoms with Crippen molar-refractivity contribution < 1.29 is 0 Å². The van der Waals surface area contributed by atoms with E-state index in [1.807, 2.05) is 11.3 Å². The van der Waals surface area contributed by atoms with E-state index in [0.29, 0.717) is 0 Å². The quantitative estimate of drug-likeness (QED) is 0.217. The number of benzene rings is 4. The van der Waals surface area contributed by atoms with E-state index in [-0.39, 0.29) is 0 Å². The molecule has 5 heterocycles. The Hall–Kier alpha value is -5.06. The van der Waals surface area contributed by atoms with Crippen LogP contribution >= 0.6 is 11.3 Å². The minimum atomic E-state index is 1.10. The summed E-state index contributed by atoms with van der Waals surface area (Å²) in [6.07, 6.45) is 9.16. The Balaban J connectivity index is 1.51. The molecule has 0 radical (unpaired) electrons. The molecule has 40 heavy (non-hydrogen) atoms. The van der Waals surface area contributed by atoms with Crippen molar-refractivity contribution in [3.63, 3.8) is 0 Å². The maximum absolute atomic E-state index is 3.78. The third-order valence-corrected chi connectivity index (χ3v) is 9.25. The second kappa shape index (κ2) is 8.22. The molecule has 0 amide bonds. The Labute approximate surface area is 232 Å². The van der Waals surface area contributed by atoms with Crippen LogP contribution in [0, 0.1) is 0 Å². The lowest BCUT2D eigenvalue weighted by Crippen LogP contribution is -2.10. The van der Waals surface area contributed by atoms with Gasteiger partial charge in [0.25, 0.3) is 0 Å². The van der Waals surface area contributed by atoms with Crippen molar-refractivity contribution in [3.05, 3.63) is 140 Å².